The Morgan fingerprint density at radius 1 is 0.796 bits per heavy atom. The third-order valence-electron chi connectivity index (χ3n) is 4.96. The summed E-state index contributed by atoms with van der Waals surface area (Å²) in [6.07, 6.45) is 0.547. The van der Waals surface area contributed by atoms with Gasteiger partial charge in [0.25, 0.3) is 11.4 Å². The van der Waals surface area contributed by atoms with Crippen LogP contribution in [-0.4, -0.2) is 61.0 Å². The van der Waals surface area contributed by atoms with Crippen molar-refractivity contribution in [1.82, 2.24) is 0 Å². The Hall–Kier alpha value is -2.43. The molecule has 270 valence electrons. The third kappa shape index (κ3) is 26.1. The molecule has 0 aromatic heterocycles. The van der Waals surface area contributed by atoms with Gasteiger partial charge in [0.1, 0.15) is 11.2 Å². The van der Waals surface area contributed by atoms with Gasteiger partial charge in [-0.1, -0.05) is 46.8 Å². The topological polar surface area (TPSA) is 202 Å². The first-order valence-corrected chi connectivity index (χ1v) is 15.3. The number of benzene rings is 2. The molecule has 49 heavy (non-hydrogen) atoms. The fourth-order valence-electron chi connectivity index (χ4n) is 3.18. The molecule has 2 aromatic carbocycles. The summed E-state index contributed by atoms with van der Waals surface area (Å²) >= 11 is 0. The van der Waals surface area contributed by atoms with Gasteiger partial charge in [-0.15, -0.1) is 5.60 Å². The molecule has 1 atom stereocenters. The van der Waals surface area contributed by atoms with Crippen LogP contribution in [0.3, 0.4) is 0 Å². The Kier molecular flexibility index (Phi) is 22.6. The second-order valence-electron chi connectivity index (χ2n) is 14.5. The van der Waals surface area contributed by atoms with Gasteiger partial charge in [-0.2, -0.15) is 0 Å². The number of nitro groups is 2. The maximum atomic E-state index is 11.9. The van der Waals surface area contributed by atoms with Crippen LogP contribution in [0, 0.1) is 27.2 Å². The van der Waals surface area contributed by atoms with Crippen LogP contribution in [0.15, 0.2) is 36.4 Å². The van der Waals surface area contributed by atoms with Crippen molar-refractivity contribution in [3.8, 4) is 0 Å². The first-order valence-electron chi connectivity index (χ1n) is 15.3. The Balaban J connectivity index is -0.000000668. The SMILES string of the molecule is CC(C)(C)[O-].CC(CO)c1ccc(C(=O)OC(C)(C)C)cc1[N+](=O)[O-].CCc1ccc(C(=O)OC(C)(C)C)cc1[N+](=O)[O-].[CH2+]C(C)(C)O.[K+]. The van der Waals surface area contributed by atoms with E-state index in [1.54, 1.807) is 95.2 Å². The zero-order valence-corrected chi connectivity index (χ0v) is 34.7. The third-order valence-corrected chi connectivity index (χ3v) is 4.96. The Morgan fingerprint density at radius 3 is 1.41 bits per heavy atom. The average Bonchev–Trinajstić information content (AvgIpc) is 2.88. The summed E-state index contributed by atoms with van der Waals surface area (Å²) in [6.45, 7) is 25.2. The normalized spacial score (nSPS) is 11.8. The fourth-order valence-corrected chi connectivity index (χ4v) is 3.18. The monoisotopic (exact) mass is 717 g/mol. The van der Waals surface area contributed by atoms with Crippen LogP contribution in [-0.2, 0) is 15.9 Å². The van der Waals surface area contributed by atoms with E-state index in [-0.39, 0.29) is 86.4 Å². The van der Waals surface area contributed by atoms with Crippen LogP contribution in [0.2, 0.25) is 0 Å². The van der Waals surface area contributed by atoms with Crippen molar-refractivity contribution in [1.29, 1.82) is 0 Å². The van der Waals surface area contributed by atoms with Crippen molar-refractivity contribution in [2.45, 2.75) is 125 Å². The van der Waals surface area contributed by atoms with Crippen LogP contribution in [0.5, 0.6) is 0 Å². The minimum absolute atomic E-state index is 0. The number of nitrogens with zero attached hydrogens (tertiary/aromatic N) is 2. The molecule has 2 aromatic rings. The Labute approximate surface area is 333 Å². The molecule has 0 bridgehead atoms. The van der Waals surface area contributed by atoms with Crippen molar-refractivity contribution in [2.75, 3.05) is 6.61 Å². The summed E-state index contributed by atoms with van der Waals surface area (Å²) in [6, 6.07) is 8.57. The van der Waals surface area contributed by atoms with Gasteiger partial charge in [-0.05, 0) is 60.1 Å². The molecule has 0 aliphatic carbocycles. The molecule has 13 nitrogen and oxygen atoms in total. The van der Waals surface area contributed by atoms with E-state index in [0.29, 0.717) is 17.5 Å². The molecular weight excluding hydrogens is 663 g/mol. The quantitative estimate of drug-likeness (QED) is 0.140. The van der Waals surface area contributed by atoms with Crippen LogP contribution in [0.1, 0.15) is 128 Å². The Bertz CT molecular complexity index is 1340. The average molecular weight is 718 g/mol. The zero-order valence-electron chi connectivity index (χ0n) is 31.6. The molecule has 14 heteroatoms. The number of nitro benzene ring substituents is 2. The summed E-state index contributed by atoms with van der Waals surface area (Å²) < 4.78 is 10.3. The molecular formula is C35H54KN2O11+. The number of carbonyl (C=O) groups excluding carboxylic acids is 2. The molecule has 2 N–H and O–H groups in total. The minimum Gasteiger partial charge on any atom is -0.850 e. The molecule has 0 fully saturated rings. The predicted octanol–water partition coefficient (Wildman–Crippen LogP) is 3.50. The number of rotatable bonds is 7. The van der Waals surface area contributed by atoms with Crippen LogP contribution in [0.4, 0.5) is 11.4 Å². The van der Waals surface area contributed by atoms with Crippen LogP contribution >= 0.6 is 0 Å². The van der Waals surface area contributed by atoms with Gasteiger partial charge >= 0.3 is 63.3 Å². The molecule has 0 saturated carbocycles. The second-order valence-corrected chi connectivity index (χ2v) is 14.5. The van der Waals surface area contributed by atoms with E-state index in [1.807, 2.05) is 6.92 Å². The van der Waals surface area contributed by atoms with Crippen molar-refractivity contribution in [3.05, 3.63) is 85.8 Å². The van der Waals surface area contributed by atoms with Gasteiger partial charge in [0.15, 0.2) is 5.60 Å². The standard InChI is InChI=1S/C14H19NO5.C13H17NO4.2C4H9O.K/c1-9(8-16)11-6-5-10(7-12(11)15(18)19)13(17)20-14(2,3)4;1-5-9-6-7-10(8-11(9)14(16)17)12(15)18-13(2,3)4;2*1-4(2,3)5;/h5-7,9,16H,8H2,1-4H3;6-8H,5H2,1-4H3;1-3H3;5H,1H2,2-3H3;/q;;-1;2*+1. The summed E-state index contributed by atoms with van der Waals surface area (Å²) in [5.74, 6) is -1.53. The molecule has 0 aliphatic heterocycles. The van der Waals surface area contributed by atoms with Gasteiger partial charge in [0, 0.05) is 49.6 Å². The fraction of sp³-hybridized carbons (Fsp3) is 0.571. The van der Waals surface area contributed by atoms with Gasteiger partial charge in [-0.3, -0.25) is 20.2 Å². The summed E-state index contributed by atoms with van der Waals surface area (Å²) in [5, 5.41) is 49.6. The molecule has 0 radical (unpaired) electrons. The van der Waals surface area contributed by atoms with Gasteiger partial charge < -0.3 is 24.8 Å². The number of hydrogen-bond donors (Lipinski definition) is 2. The van der Waals surface area contributed by atoms with E-state index in [2.05, 4.69) is 6.92 Å². The van der Waals surface area contributed by atoms with Crippen LogP contribution < -0.4 is 56.5 Å². The zero-order chi connectivity index (χ0) is 38.4. The van der Waals surface area contributed by atoms with E-state index >= 15 is 0 Å². The smallest absolute Gasteiger partial charge is 0.850 e. The Morgan fingerprint density at radius 2 is 1.12 bits per heavy atom. The van der Waals surface area contributed by atoms with E-state index in [1.165, 1.54) is 24.3 Å². The summed E-state index contributed by atoms with van der Waals surface area (Å²) in [4.78, 5) is 44.6. The van der Waals surface area contributed by atoms with Crippen molar-refractivity contribution in [2.24, 2.45) is 0 Å². The molecule has 1 unspecified atom stereocenters. The number of carbonyl (C=O) groups is 2. The molecule has 0 spiro atoms. The van der Waals surface area contributed by atoms with Gasteiger partial charge in [0.05, 0.1) is 27.9 Å². The van der Waals surface area contributed by atoms with E-state index in [4.69, 9.17) is 19.7 Å². The second kappa shape index (κ2) is 21.7. The van der Waals surface area contributed by atoms with Crippen molar-refractivity contribution in [3.63, 3.8) is 0 Å². The predicted molar refractivity (Wildman–Crippen MR) is 183 cm³/mol. The molecule has 0 heterocycles. The molecule has 0 aliphatic rings. The number of ether oxygens (including phenoxy) is 2. The largest absolute Gasteiger partial charge is 1.00 e. The van der Waals surface area contributed by atoms with E-state index in [9.17, 15) is 34.9 Å². The first kappa shape index (κ1) is 50.9. The first-order chi connectivity index (χ1) is 21.4. The molecule has 2 rings (SSSR count). The summed E-state index contributed by atoms with van der Waals surface area (Å²) in [5.41, 5.74) is -1.68. The van der Waals surface area contributed by atoms with Gasteiger partial charge in [-0.25, -0.2) is 9.59 Å². The van der Waals surface area contributed by atoms with E-state index in [0.717, 1.165) is 0 Å². The number of aliphatic hydroxyl groups is 2. The maximum Gasteiger partial charge on any atom is 1.00 e. The number of esters is 2. The summed E-state index contributed by atoms with van der Waals surface area (Å²) in [7, 11) is 0. The minimum atomic E-state index is -0.750. The number of aryl methyl sites for hydroxylation is 1. The molecule has 0 saturated heterocycles. The van der Waals surface area contributed by atoms with Crippen LogP contribution in [0.25, 0.3) is 0 Å². The molecule has 0 amide bonds. The maximum absolute atomic E-state index is 11.9. The van der Waals surface area contributed by atoms with Crippen molar-refractivity contribution < 1.29 is 95.6 Å². The number of aliphatic hydroxyl groups excluding tert-OH is 1. The van der Waals surface area contributed by atoms with E-state index < -0.39 is 44.2 Å². The van der Waals surface area contributed by atoms with Crippen molar-refractivity contribution >= 4 is 23.3 Å². The van der Waals surface area contributed by atoms with Gasteiger partial charge in [0.2, 0.25) is 0 Å². The number of hydrogen-bond acceptors (Lipinski definition) is 11.